The Balaban J connectivity index is 1.35. The van der Waals surface area contributed by atoms with E-state index in [0.29, 0.717) is 24.6 Å². The van der Waals surface area contributed by atoms with E-state index in [4.69, 9.17) is 0 Å². The third kappa shape index (κ3) is 5.15. The number of imidazole rings is 1. The van der Waals surface area contributed by atoms with Crippen LogP contribution in [0, 0.1) is 12.8 Å². The van der Waals surface area contributed by atoms with Gasteiger partial charge in [0.15, 0.2) is 0 Å². The highest BCUT2D eigenvalue weighted by Gasteiger charge is 2.28. The summed E-state index contributed by atoms with van der Waals surface area (Å²) in [4.78, 5) is 23.9. The van der Waals surface area contributed by atoms with Gasteiger partial charge >= 0.3 is 0 Å². The largest absolute Gasteiger partial charge is 0.338 e. The molecule has 2 aliphatic heterocycles. The Kier molecular flexibility index (Phi) is 6.43. The molecule has 0 unspecified atom stereocenters. The van der Waals surface area contributed by atoms with Crippen LogP contribution >= 0.6 is 0 Å². The number of hydrogen-bond donors (Lipinski definition) is 0. The molecular weight excluding hydrogens is 414 g/mol. The van der Waals surface area contributed by atoms with Gasteiger partial charge in [0.2, 0.25) is 10.0 Å². The lowest BCUT2D eigenvalue weighted by atomic mass is 9.93. The number of rotatable bonds is 5. The summed E-state index contributed by atoms with van der Waals surface area (Å²) in [6, 6.07) is 3.81. The standard InChI is InChI=1S/C22H31N5O3S/c1-17-23-9-13-25(17)15-18-4-3-10-26(16-18)22(28)20-5-6-21(24-14-20)19-7-11-27(12-8-19)31(2,29)30/h5-6,9,13-14,18-19H,3-4,7-8,10-12,15-16H2,1-2H3/t18-/m1/s1. The van der Waals surface area contributed by atoms with Gasteiger partial charge in [-0.1, -0.05) is 0 Å². The maximum atomic E-state index is 13.0. The number of likely N-dealkylation sites (tertiary alicyclic amines) is 1. The van der Waals surface area contributed by atoms with E-state index in [9.17, 15) is 13.2 Å². The van der Waals surface area contributed by atoms with Crippen molar-refractivity contribution < 1.29 is 13.2 Å². The Labute approximate surface area is 184 Å². The predicted octanol–water partition coefficient (Wildman–Crippen LogP) is 2.28. The fraction of sp³-hybridized carbons (Fsp3) is 0.591. The Hall–Kier alpha value is -2.26. The van der Waals surface area contributed by atoms with Gasteiger partial charge in [0.05, 0.1) is 11.8 Å². The number of carbonyl (C=O) groups excluding carboxylic acids is 1. The van der Waals surface area contributed by atoms with Crippen molar-refractivity contribution in [3.05, 3.63) is 47.8 Å². The van der Waals surface area contributed by atoms with E-state index in [0.717, 1.165) is 56.8 Å². The molecule has 0 N–H and O–H groups in total. The van der Waals surface area contributed by atoms with Gasteiger partial charge < -0.3 is 9.47 Å². The van der Waals surface area contributed by atoms with Gasteiger partial charge in [0, 0.05) is 62.9 Å². The molecule has 2 fully saturated rings. The minimum absolute atomic E-state index is 0.0398. The molecule has 0 radical (unpaired) electrons. The summed E-state index contributed by atoms with van der Waals surface area (Å²) < 4.78 is 27.1. The molecule has 8 nitrogen and oxygen atoms in total. The number of sulfonamides is 1. The van der Waals surface area contributed by atoms with Gasteiger partial charge in [-0.25, -0.2) is 17.7 Å². The molecule has 2 aromatic rings. The molecule has 2 aromatic heterocycles. The molecule has 2 aliphatic rings. The first-order valence-electron chi connectivity index (χ1n) is 11.0. The number of amides is 1. The third-order valence-electron chi connectivity index (χ3n) is 6.56. The van der Waals surface area contributed by atoms with Crippen LogP contribution in [0.15, 0.2) is 30.7 Å². The second-order valence-corrected chi connectivity index (χ2v) is 10.8. The Bertz CT molecular complexity index is 1010. The van der Waals surface area contributed by atoms with Crippen LogP contribution in [0.25, 0.3) is 0 Å². The molecule has 0 saturated carbocycles. The number of piperidine rings is 2. The number of hydrogen-bond acceptors (Lipinski definition) is 5. The van der Waals surface area contributed by atoms with Gasteiger partial charge in [0.25, 0.3) is 5.91 Å². The zero-order chi connectivity index (χ0) is 22.0. The number of nitrogens with zero attached hydrogens (tertiary/aromatic N) is 5. The Morgan fingerprint density at radius 2 is 1.90 bits per heavy atom. The van der Waals surface area contributed by atoms with Gasteiger partial charge in [-0.15, -0.1) is 0 Å². The maximum Gasteiger partial charge on any atom is 0.255 e. The number of pyridine rings is 1. The highest BCUT2D eigenvalue weighted by Crippen LogP contribution is 2.28. The van der Waals surface area contributed by atoms with Crippen LogP contribution in [0.5, 0.6) is 0 Å². The summed E-state index contributed by atoms with van der Waals surface area (Å²) in [6.45, 7) is 5.48. The lowest BCUT2D eigenvalue weighted by Crippen LogP contribution is -2.41. The van der Waals surface area contributed by atoms with Crippen LogP contribution in [-0.4, -0.2) is 70.5 Å². The van der Waals surface area contributed by atoms with Crippen LogP contribution in [0.3, 0.4) is 0 Å². The van der Waals surface area contributed by atoms with Crippen molar-refractivity contribution in [1.82, 2.24) is 23.7 Å². The summed E-state index contributed by atoms with van der Waals surface area (Å²) in [6.07, 6.45) is 10.4. The van der Waals surface area contributed by atoms with Gasteiger partial charge in [-0.05, 0) is 50.7 Å². The zero-order valence-electron chi connectivity index (χ0n) is 18.3. The van der Waals surface area contributed by atoms with Crippen molar-refractivity contribution in [3.63, 3.8) is 0 Å². The Morgan fingerprint density at radius 3 is 2.52 bits per heavy atom. The monoisotopic (exact) mass is 445 g/mol. The molecule has 0 bridgehead atoms. The highest BCUT2D eigenvalue weighted by molar-refractivity contribution is 7.88. The smallest absolute Gasteiger partial charge is 0.255 e. The second-order valence-electron chi connectivity index (χ2n) is 8.79. The first-order chi connectivity index (χ1) is 14.8. The van der Waals surface area contributed by atoms with Crippen LogP contribution in [-0.2, 0) is 16.6 Å². The van der Waals surface area contributed by atoms with E-state index in [1.165, 1.54) is 10.6 Å². The molecule has 9 heteroatoms. The lowest BCUT2D eigenvalue weighted by Gasteiger charge is -2.33. The molecule has 4 rings (SSSR count). The lowest BCUT2D eigenvalue weighted by molar-refractivity contribution is 0.0661. The number of carbonyl (C=O) groups is 1. The average Bonchev–Trinajstić information content (AvgIpc) is 3.17. The zero-order valence-corrected chi connectivity index (χ0v) is 19.1. The van der Waals surface area contributed by atoms with Crippen LogP contribution < -0.4 is 0 Å². The van der Waals surface area contributed by atoms with Crippen LogP contribution in [0.2, 0.25) is 0 Å². The van der Waals surface area contributed by atoms with Crippen molar-refractivity contribution in [1.29, 1.82) is 0 Å². The average molecular weight is 446 g/mol. The third-order valence-corrected chi connectivity index (χ3v) is 7.86. The van der Waals surface area contributed by atoms with Crippen molar-refractivity contribution >= 4 is 15.9 Å². The Morgan fingerprint density at radius 1 is 1.13 bits per heavy atom. The maximum absolute atomic E-state index is 13.0. The minimum Gasteiger partial charge on any atom is -0.338 e. The van der Waals surface area contributed by atoms with Crippen molar-refractivity contribution in [2.24, 2.45) is 5.92 Å². The topological polar surface area (TPSA) is 88.4 Å². The van der Waals surface area contributed by atoms with Crippen LogP contribution in [0.4, 0.5) is 0 Å². The number of aryl methyl sites for hydroxylation is 1. The molecule has 168 valence electrons. The van der Waals surface area contributed by atoms with Crippen LogP contribution in [0.1, 0.15) is 53.5 Å². The molecule has 0 spiro atoms. The van der Waals surface area contributed by atoms with Crippen molar-refractivity contribution in [2.45, 2.75) is 45.1 Å². The molecule has 1 amide bonds. The van der Waals surface area contributed by atoms with Crippen molar-refractivity contribution in [2.75, 3.05) is 32.4 Å². The molecule has 1 atom stereocenters. The first kappa shape index (κ1) is 22.0. The summed E-state index contributed by atoms with van der Waals surface area (Å²) in [5.41, 5.74) is 1.56. The second kappa shape index (κ2) is 9.08. The molecule has 4 heterocycles. The van der Waals surface area contributed by atoms with Gasteiger partial charge in [-0.3, -0.25) is 9.78 Å². The summed E-state index contributed by atoms with van der Waals surface area (Å²) in [7, 11) is -3.13. The van der Waals surface area contributed by atoms with E-state index >= 15 is 0 Å². The SMILES string of the molecule is Cc1nccn1C[C@H]1CCCN(C(=O)c2ccc(C3CCN(S(C)(=O)=O)CC3)nc2)C1. The van der Waals surface area contributed by atoms with Gasteiger partial charge in [0.1, 0.15) is 5.82 Å². The van der Waals surface area contributed by atoms with Gasteiger partial charge in [-0.2, -0.15) is 0 Å². The summed E-state index contributed by atoms with van der Waals surface area (Å²) >= 11 is 0. The number of aromatic nitrogens is 3. The molecule has 0 aliphatic carbocycles. The fourth-order valence-corrected chi connectivity index (χ4v) is 5.59. The fourth-order valence-electron chi connectivity index (χ4n) is 4.71. The molecule has 2 saturated heterocycles. The first-order valence-corrected chi connectivity index (χ1v) is 12.8. The van der Waals surface area contributed by atoms with E-state index in [2.05, 4.69) is 14.5 Å². The minimum atomic E-state index is -3.13. The summed E-state index contributed by atoms with van der Waals surface area (Å²) in [5.74, 6) is 1.71. The molecule has 0 aromatic carbocycles. The van der Waals surface area contributed by atoms with E-state index in [-0.39, 0.29) is 11.8 Å². The van der Waals surface area contributed by atoms with E-state index < -0.39 is 10.0 Å². The van der Waals surface area contributed by atoms with Crippen molar-refractivity contribution in [3.8, 4) is 0 Å². The van der Waals surface area contributed by atoms with E-state index in [1.807, 2.05) is 36.4 Å². The molecule has 31 heavy (non-hydrogen) atoms. The summed E-state index contributed by atoms with van der Waals surface area (Å²) in [5, 5.41) is 0. The quantitative estimate of drug-likeness (QED) is 0.705. The normalized spacial score (nSPS) is 21.4. The predicted molar refractivity (Wildman–Crippen MR) is 118 cm³/mol. The highest BCUT2D eigenvalue weighted by atomic mass is 32.2. The van der Waals surface area contributed by atoms with E-state index in [1.54, 1.807) is 6.20 Å². The molecular formula is C22H31N5O3S.